The first-order valence-electron chi connectivity index (χ1n) is 5.75. The Hall–Kier alpha value is -1.10. The third kappa shape index (κ3) is 3.45. The second-order valence-electron chi connectivity index (χ2n) is 4.08. The highest BCUT2D eigenvalue weighted by Gasteiger charge is 2.06. The molecule has 0 saturated heterocycles. The molecule has 5 heteroatoms. The van der Waals surface area contributed by atoms with E-state index in [1.807, 2.05) is 38.4 Å². The quantitative estimate of drug-likeness (QED) is 0.912. The van der Waals surface area contributed by atoms with E-state index in [1.54, 1.807) is 11.3 Å². The fraction of sp³-hybridized carbons (Fsp3) is 0.308. The summed E-state index contributed by atoms with van der Waals surface area (Å²) >= 11 is 7.54. The maximum absolute atomic E-state index is 5.93. The van der Waals surface area contributed by atoms with Gasteiger partial charge in [0.2, 0.25) is 0 Å². The Kier molecular flexibility index (Phi) is 4.58. The van der Waals surface area contributed by atoms with Crippen molar-refractivity contribution in [3.05, 3.63) is 45.2 Å². The molecule has 0 saturated carbocycles. The van der Waals surface area contributed by atoms with Gasteiger partial charge in [-0.05, 0) is 31.3 Å². The maximum atomic E-state index is 5.93. The van der Waals surface area contributed by atoms with E-state index in [2.05, 4.69) is 21.3 Å². The fourth-order valence-corrected chi connectivity index (χ4v) is 2.85. The van der Waals surface area contributed by atoms with Crippen LogP contribution >= 0.6 is 22.9 Å². The van der Waals surface area contributed by atoms with Gasteiger partial charge in [-0.3, -0.25) is 0 Å². The molecule has 1 N–H and O–H groups in total. The third-order valence-corrected chi connectivity index (χ3v) is 3.78. The summed E-state index contributed by atoms with van der Waals surface area (Å²) in [5.74, 6) is 0.979. The SMILES string of the molecule is CNCc1cccc(N(C)Cc2ccc(Cl)s2)n1. The van der Waals surface area contributed by atoms with Gasteiger partial charge in [0.1, 0.15) is 5.82 Å². The van der Waals surface area contributed by atoms with Crippen molar-refractivity contribution in [3.63, 3.8) is 0 Å². The number of nitrogens with zero attached hydrogens (tertiary/aromatic N) is 2. The Bertz CT molecular complexity index is 512. The van der Waals surface area contributed by atoms with Crippen molar-refractivity contribution < 1.29 is 0 Å². The van der Waals surface area contributed by atoms with E-state index in [9.17, 15) is 0 Å². The predicted octanol–water partition coefficient (Wildman–Crippen LogP) is 3.15. The average Bonchev–Trinajstić information content (AvgIpc) is 2.75. The first kappa shape index (κ1) is 13.3. The van der Waals surface area contributed by atoms with Crippen molar-refractivity contribution in [3.8, 4) is 0 Å². The Morgan fingerprint density at radius 1 is 1.33 bits per heavy atom. The molecule has 2 rings (SSSR count). The van der Waals surface area contributed by atoms with Crippen LogP contribution in [0.3, 0.4) is 0 Å². The summed E-state index contributed by atoms with van der Waals surface area (Å²) < 4.78 is 0.829. The van der Waals surface area contributed by atoms with E-state index >= 15 is 0 Å². The molecule has 0 bridgehead atoms. The van der Waals surface area contributed by atoms with Gasteiger partial charge in [0.05, 0.1) is 16.6 Å². The molecule has 2 aromatic rings. The lowest BCUT2D eigenvalue weighted by Crippen LogP contribution is -2.18. The van der Waals surface area contributed by atoms with E-state index in [0.717, 1.165) is 28.9 Å². The summed E-state index contributed by atoms with van der Waals surface area (Å²) in [5, 5.41) is 3.11. The second kappa shape index (κ2) is 6.18. The van der Waals surface area contributed by atoms with Gasteiger partial charge in [0.15, 0.2) is 0 Å². The van der Waals surface area contributed by atoms with Crippen LogP contribution in [0.5, 0.6) is 0 Å². The van der Waals surface area contributed by atoms with Gasteiger partial charge in [0.25, 0.3) is 0 Å². The normalized spacial score (nSPS) is 10.6. The molecule has 2 heterocycles. The molecule has 0 amide bonds. The number of aromatic nitrogens is 1. The molecule has 0 aliphatic heterocycles. The molecule has 0 fully saturated rings. The van der Waals surface area contributed by atoms with Gasteiger partial charge in [-0.15, -0.1) is 11.3 Å². The standard InChI is InChI=1S/C13H16ClN3S/c1-15-8-10-4-3-5-13(16-10)17(2)9-11-6-7-12(14)18-11/h3-7,15H,8-9H2,1-2H3. The number of rotatable bonds is 5. The van der Waals surface area contributed by atoms with Crippen LogP contribution in [-0.2, 0) is 13.1 Å². The zero-order chi connectivity index (χ0) is 13.0. The first-order valence-corrected chi connectivity index (χ1v) is 6.94. The largest absolute Gasteiger partial charge is 0.355 e. The Morgan fingerprint density at radius 2 is 2.17 bits per heavy atom. The van der Waals surface area contributed by atoms with E-state index in [1.165, 1.54) is 4.88 Å². The van der Waals surface area contributed by atoms with Crippen molar-refractivity contribution in [2.24, 2.45) is 0 Å². The zero-order valence-electron chi connectivity index (χ0n) is 10.5. The van der Waals surface area contributed by atoms with Crippen molar-refractivity contribution in [1.29, 1.82) is 0 Å². The summed E-state index contributed by atoms with van der Waals surface area (Å²) in [6.45, 7) is 1.61. The summed E-state index contributed by atoms with van der Waals surface area (Å²) in [6, 6.07) is 10.1. The number of thiophene rings is 1. The van der Waals surface area contributed by atoms with Crippen LogP contribution < -0.4 is 10.2 Å². The first-order chi connectivity index (χ1) is 8.69. The number of anilines is 1. The van der Waals surface area contributed by atoms with Crippen LogP contribution in [0.2, 0.25) is 4.34 Å². The van der Waals surface area contributed by atoms with Gasteiger partial charge in [-0.2, -0.15) is 0 Å². The number of halogens is 1. The minimum atomic E-state index is 0.784. The van der Waals surface area contributed by atoms with E-state index in [4.69, 9.17) is 11.6 Å². The van der Waals surface area contributed by atoms with Crippen molar-refractivity contribution in [2.75, 3.05) is 19.0 Å². The highest BCUT2D eigenvalue weighted by atomic mass is 35.5. The lowest BCUT2D eigenvalue weighted by atomic mass is 10.3. The van der Waals surface area contributed by atoms with Crippen LogP contribution in [0.1, 0.15) is 10.6 Å². The molecule has 96 valence electrons. The monoisotopic (exact) mass is 281 g/mol. The van der Waals surface area contributed by atoms with Crippen LogP contribution in [0.25, 0.3) is 0 Å². The van der Waals surface area contributed by atoms with E-state index < -0.39 is 0 Å². The summed E-state index contributed by atoms with van der Waals surface area (Å²) in [5.41, 5.74) is 1.05. The Labute approximate surface area is 116 Å². The summed E-state index contributed by atoms with van der Waals surface area (Å²) in [6.07, 6.45) is 0. The summed E-state index contributed by atoms with van der Waals surface area (Å²) in [7, 11) is 3.96. The second-order valence-corrected chi connectivity index (χ2v) is 5.88. The Morgan fingerprint density at radius 3 is 2.83 bits per heavy atom. The van der Waals surface area contributed by atoms with Gasteiger partial charge in [0, 0.05) is 18.5 Å². The Balaban J connectivity index is 2.08. The van der Waals surface area contributed by atoms with Crippen LogP contribution in [0.15, 0.2) is 30.3 Å². The third-order valence-electron chi connectivity index (χ3n) is 2.56. The van der Waals surface area contributed by atoms with Crippen LogP contribution in [0.4, 0.5) is 5.82 Å². The molecule has 0 radical (unpaired) electrons. The fourth-order valence-electron chi connectivity index (χ4n) is 1.71. The van der Waals surface area contributed by atoms with Gasteiger partial charge in [-0.25, -0.2) is 4.98 Å². The average molecular weight is 282 g/mol. The van der Waals surface area contributed by atoms with Gasteiger partial charge < -0.3 is 10.2 Å². The summed E-state index contributed by atoms with van der Waals surface area (Å²) in [4.78, 5) is 7.97. The number of hydrogen-bond donors (Lipinski definition) is 1. The van der Waals surface area contributed by atoms with Crippen LogP contribution in [0, 0.1) is 0 Å². The minimum Gasteiger partial charge on any atom is -0.355 e. The predicted molar refractivity (Wildman–Crippen MR) is 78.4 cm³/mol. The van der Waals surface area contributed by atoms with Crippen LogP contribution in [-0.4, -0.2) is 19.1 Å². The van der Waals surface area contributed by atoms with E-state index in [-0.39, 0.29) is 0 Å². The molecule has 3 nitrogen and oxygen atoms in total. The molecule has 18 heavy (non-hydrogen) atoms. The number of hydrogen-bond acceptors (Lipinski definition) is 4. The molecular formula is C13H16ClN3S. The molecule has 0 aliphatic rings. The van der Waals surface area contributed by atoms with Gasteiger partial charge in [-0.1, -0.05) is 17.7 Å². The molecule has 0 atom stereocenters. The lowest BCUT2D eigenvalue weighted by Gasteiger charge is -2.17. The molecule has 0 spiro atoms. The molecule has 0 aromatic carbocycles. The molecular weight excluding hydrogens is 266 g/mol. The topological polar surface area (TPSA) is 28.2 Å². The zero-order valence-corrected chi connectivity index (χ0v) is 12.1. The number of nitrogens with one attached hydrogen (secondary N) is 1. The highest BCUT2D eigenvalue weighted by molar-refractivity contribution is 7.16. The smallest absolute Gasteiger partial charge is 0.128 e. The highest BCUT2D eigenvalue weighted by Crippen LogP contribution is 2.23. The molecule has 0 aliphatic carbocycles. The number of pyridine rings is 1. The van der Waals surface area contributed by atoms with Crippen molar-refractivity contribution in [2.45, 2.75) is 13.1 Å². The van der Waals surface area contributed by atoms with Crippen molar-refractivity contribution in [1.82, 2.24) is 10.3 Å². The molecule has 2 aromatic heterocycles. The lowest BCUT2D eigenvalue weighted by molar-refractivity contribution is 0.784. The van der Waals surface area contributed by atoms with Crippen molar-refractivity contribution >= 4 is 28.8 Å². The van der Waals surface area contributed by atoms with E-state index in [0.29, 0.717) is 0 Å². The molecule has 0 unspecified atom stereocenters. The minimum absolute atomic E-state index is 0.784. The van der Waals surface area contributed by atoms with Gasteiger partial charge >= 0.3 is 0 Å². The maximum Gasteiger partial charge on any atom is 0.128 e.